The number of aryl methyl sites for hydroxylation is 1. The largest absolute Gasteiger partial charge is 0.523 e. The summed E-state index contributed by atoms with van der Waals surface area (Å²) >= 11 is 0. The third-order valence-corrected chi connectivity index (χ3v) is 8.80. The number of halogens is 6. The molecule has 1 unspecified atom stereocenters. The van der Waals surface area contributed by atoms with Gasteiger partial charge in [-0.3, -0.25) is 0 Å². The van der Waals surface area contributed by atoms with Crippen molar-refractivity contribution >= 4 is 26.5 Å². The van der Waals surface area contributed by atoms with Crippen LogP contribution in [0, 0.1) is 12.3 Å². The van der Waals surface area contributed by atoms with Gasteiger partial charge in [0.15, 0.2) is 0 Å². The highest BCUT2D eigenvalue weighted by atomic mass is 32.3. The van der Waals surface area contributed by atoms with E-state index >= 15 is 0 Å². The highest BCUT2D eigenvalue weighted by molar-refractivity contribution is 8.37. The van der Waals surface area contributed by atoms with E-state index in [1.165, 1.54) is 39.8 Å². The van der Waals surface area contributed by atoms with Gasteiger partial charge in [-0.2, -0.15) is 38.4 Å². The Kier molecular flexibility index (Phi) is 4.79. The Morgan fingerprint density at radius 3 is 1.96 bits per heavy atom. The molecule has 0 bridgehead atoms. The van der Waals surface area contributed by atoms with Crippen molar-refractivity contribution in [2.75, 3.05) is 0 Å². The monoisotopic (exact) mass is 422 g/mol. The summed E-state index contributed by atoms with van der Waals surface area (Å²) < 4.78 is 108. The number of alkyl halides is 6. The molecule has 11 heteroatoms. The third kappa shape index (κ3) is 3.13. The van der Waals surface area contributed by atoms with Crippen molar-refractivity contribution in [3.8, 4) is 0 Å². The predicted molar refractivity (Wildman–Crippen MR) is 86.6 cm³/mol. The number of allylic oxidation sites excluding steroid dienone is 1. The molecule has 0 spiro atoms. The second-order valence-electron chi connectivity index (χ2n) is 6.72. The summed E-state index contributed by atoms with van der Waals surface area (Å²) in [6.07, 6.45) is 1.10. The van der Waals surface area contributed by atoms with Crippen LogP contribution in [0.5, 0.6) is 0 Å². The van der Waals surface area contributed by atoms with Crippen LogP contribution in [0.25, 0.3) is 6.08 Å². The van der Waals surface area contributed by atoms with Gasteiger partial charge < -0.3 is 0 Å². The van der Waals surface area contributed by atoms with E-state index in [1.807, 2.05) is 0 Å². The maximum absolute atomic E-state index is 14.2. The molecule has 1 aliphatic heterocycles. The molecule has 0 saturated heterocycles. The maximum atomic E-state index is 14.2. The summed E-state index contributed by atoms with van der Waals surface area (Å²) in [4.78, 5) is -1.13. The molecular weight excluding hydrogens is 406 g/mol. The molecule has 1 heterocycles. The van der Waals surface area contributed by atoms with E-state index in [9.17, 15) is 34.8 Å². The van der Waals surface area contributed by atoms with Gasteiger partial charge in [0.05, 0.1) is 0 Å². The van der Waals surface area contributed by atoms with Crippen molar-refractivity contribution in [3.05, 3.63) is 34.2 Å². The minimum atomic E-state index is -6.50. The van der Waals surface area contributed by atoms with E-state index in [1.54, 1.807) is 0 Å². The second kappa shape index (κ2) is 5.90. The number of hydrogen-bond donors (Lipinski definition) is 0. The maximum Gasteiger partial charge on any atom is 0.523 e. The van der Waals surface area contributed by atoms with Gasteiger partial charge in [-0.05, 0) is 35.6 Å². The van der Waals surface area contributed by atoms with Crippen LogP contribution >= 0.6 is 10.3 Å². The molecule has 148 valence electrons. The van der Waals surface area contributed by atoms with Gasteiger partial charge in [-0.1, -0.05) is 32.9 Å². The first-order valence-electron chi connectivity index (χ1n) is 7.19. The molecule has 1 atom stereocenters. The summed E-state index contributed by atoms with van der Waals surface area (Å²) in [5.74, 6) is 0. The summed E-state index contributed by atoms with van der Waals surface area (Å²) in [5.41, 5.74) is -12.2. The molecule has 0 N–H and O–H groups in total. The lowest BCUT2D eigenvalue weighted by Gasteiger charge is -2.43. The van der Waals surface area contributed by atoms with Crippen LogP contribution in [0.4, 0.5) is 26.3 Å². The molecule has 1 aromatic carbocycles. The topological polar surface area (TPSA) is 43.4 Å². The quantitative estimate of drug-likeness (QED) is 0.443. The van der Waals surface area contributed by atoms with Crippen LogP contribution in [0.1, 0.15) is 31.9 Å². The Bertz CT molecular complexity index is 863. The zero-order valence-corrected chi connectivity index (χ0v) is 15.8. The number of fused-ring (bicyclic) bond motifs is 1. The lowest BCUT2D eigenvalue weighted by molar-refractivity contribution is -0.0548. The molecule has 3 nitrogen and oxygen atoms in total. The van der Waals surface area contributed by atoms with Gasteiger partial charge in [0.2, 0.25) is 0 Å². The molecule has 0 aromatic heterocycles. The first-order valence-corrected chi connectivity index (χ1v) is 10.2. The van der Waals surface area contributed by atoms with E-state index in [0.717, 1.165) is 12.1 Å². The number of benzene rings is 1. The lowest BCUT2D eigenvalue weighted by atomic mass is 9.94. The molecule has 0 saturated carbocycles. The van der Waals surface area contributed by atoms with Crippen molar-refractivity contribution in [1.82, 2.24) is 0 Å². The van der Waals surface area contributed by atoms with Gasteiger partial charge in [-0.15, -0.1) is 0 Å². The molecule has 26 heavy (non-hydrogen) atoms. The Hall–Kier alpha value is -1.20. The van der Waals surface area contributed by atoms with Gasteiger partial charge >= 0.3 is 21.1 Å². The zero-order chi connectivity index (χ0) is 20.3. The van der Waals surface area contributed by atoms with Crippen LogP contribution in [0.3, 0.4) is 0 Å². The molecule has 2 rings (SSSR count). The van der Waals surface area contributed by atoms with Crippen LogP contribution in [-0.4, -0.2) is 19.4 Å². The van der Waals surface area contributed by atoms with E-state index < -0.39 is 46.7 Å². The van der Waals surface area contributed by atoms with Crippen LogP contribution < -0.4 is 0 Å². The average Bonchev–Trinajstić information content (AvgIpc) is 2.74. The standard InChI is InChI=1S/C15H16F6O3S2/c1-9-6-5-7-11-10(9)8-12(13(2,3)4)25(11,14(16,17)18)24-26(22,23)15(19,20)21/h5-8H,1-4H3. The fourth-order valence-corrected chi connectivity index (χ4v) is 7.56. The number of hydrogen-bond acceptors (Lipinski definition) is 3. The summed E-state index contributed by atoms with van der Waals surface area (Å²) in [6.45, 7) is 5.56. The van der Waals surface area contributed by atoms with Gasteiger partial charge in [0, 0.05) is 20.1 Å². The molecule has 0 aliphatic carbocycles. The Balaban J connectivity index is 2.92. The van der Waals surface area contributed by atoms with Crippen molar-refractivity contribution in [3.63, 3.8) is 0 Å². The smallest absolute Gasteiger partial charge is 0.196 e. The first-order chi connectivity index (χ1) is 11.5. The highest BCUT2D eigenvalue weighted by Gasteiger charge is 2.65. The predicted octanol–water partition coefficient (Wildman–Crippen LogP) is 5.86. The van der Waals surface area contributed by atoms with Crippen molar-refractivity contribution in [2.45, 2.75) is 43.6 Å². The Morgan fingerprint density at radius 2 is 1.54 bits per heavy atom. The molecule has 0 radical (unpaired) electrons. The zero-order valence-electron chi connectivity index (χ0n) is 14.1. The van der Waals surface area contributed by atoms with Crippen LogP contribution in [-0.2, 0) is 13.7 Å². The third-order valence-electron chi connectivity index (χ3n) is 3.72. The normalized spacial score (nSPS) is 24.0. The van der Waals surface area contributed by atoms with Crippen molar-refractivity contribution in [1.29, 1.82) is 0 Å². The van der Waals surface area contributed by atoms with E-state index in [-0.39, 0.29) is 5.56 Å². The summed E-state index contributed by atoms with van der Waals surface area (Å²) in [6, 6.07) is 3.68. The SMILES string of the molecule is Cc1cccc2c1C=C(C(C)(C)C)S2(OS(=O)(=O)C(F)(F)F)C(F)(F)F. The molecule has 1 aliphatic rings. The minimum Gasteiger partial charge on any atom is -0.196 e. The van der Waals surface area contributed by atoms with Crippen LogP contribution in [0.15, 0.2) is 28.0 Å². The van der Waals surface area contributed by atoms with E-state index in [0.29, 0.717) is 5.56 Å². The molecule has 0 amide bonds. The Labute approximate surface area is 148 Å². The van der Waals surface area contributed by atoms with Crippen molar-refractivity contribution < 1.29 is 38.4 Å². The van der Waals surface area contributed by atoms with Gasteiger partial charge in [0.25, 0.3) is 0 Å². The molecule has 0 fully saturated rings. The lowest BCUT2D eigenvalue weighted by Crippen LogP contribution is -2.34. The second-order valence-corrected chi connectivity index (χ2v) is 11.1. The molecule has 1 aromatic rings. The van der Waals surface area contributed by atoms with Gasteiger partial charge in [-0.25, -0.2) is 0 Å². The van der Waals surface area contributed by atoms with E-state index in [2.05, 4.69) is 3.63 Å². The van der Waals surface area contributed by atoms with E-state index in [4.69, 9.17) is 0 Å². The van der Waals surface area contributed by atoms with Gasteiger partial charge in [0.1, 0.15) is 0 Å². The fourth-order valence-electron chi connectivity index (χ4n) is 2.60. The number of rotatable bonds is 2. The molecular formula is C15H16F6O3S2. The minimum absolute atomic E-state index is 0.0297. The fraction of sp³-hybridized carbons (Fsp3) is 0.467. The average molecular weight is 422 g/mol. The van der Waals surface area contributed by atoms with Crippen molar-refractivity contribution in [2.24, 2.45) is 5.41 Å². The summed E-state index contributed by atoms with van der Waals surface area (Å²) in [7, 11) is -11.4. The highest BCUT2D eigenvalue weighted by Crippen LogP contribution is 2.80. The van der Waals surface area contributed by atoms with Crippen LogP contribution in [0.2, 0.25) is 0 Å². The first kappa shape index (κ1) is 21.1. The Morgan fingerprint density at radius 1 is 1.00 bits per heavy atom. The summed E-state index contributed by atoms with van der Waals surface area (Å²) in [5, 5.41) is 0.